The largest absolute Gasteiger partial charge is 0.497 e. The van der Waals surface area contributed by atoms with E-state index in [0.717, 1.165) is 0 Å². The van der Waals surface area contributed by atoms with Crippen LogP contribution in [0.5, 0.6) is 11.5 Å². The highest BCUT2D eigenvalue weighted by Gasteiger charge is 2.23. The maximum Gasteiger partial charge on any atom is 0.330 e. The van der Waals surface area contributed by atoms with Gasteiger partial charge in [0.25, 0.3) is 5.91 Å². The summed E-state index contributed by atoms with van der Waals surface area (Å²) in [6, 6.07) is 11.8. The van der Waals surface area contributed by atoms with E-state index >= 15 is 0 Å². The summed E-state index contributed by atoms with van der Waals surface area (Å²) in [7, 11) is 3.09. The van der Waals surface area contributed by atoms with Gasteiger partial charge in [-0.2, -0.15) is 0 Å². The Morgan fingerprint density at radius 1 is 1.04 bits per heavy atom. The van der Waals surface area contributed by atoms with Gasteiger partial charge in [-0.1, -0.05) is 18.2 Å². The van der Waals surface area contributed by atoms with E-state index in [0.29, 0.717) is 35.8 Å². The van der Waals surface area contributed by atoms with Gasteiger partial charge in [0.1, 0.15) is 18.1 Å². The van der Waals surface area contributed by atoms with Crippen molar-refractivity contribution in [3.63, 3.8) is 0 Å². The molecule has 138 valence electrons. The molecule has 7 heteroatoms. The van der Waals surface area contributed by atoms with E-state index in [-0.39, 0.29) is 0 Å². The van der Waals surface area contributed by atoms with Crippen LogP contribution in [0.15, 0.2) is 48.5 Å². The number of carboxylic acids is 1. The Labute approximate surface area is 151 Å². The lowest BCUT2D eigenvalue weighted by molar-refractivity contribution is -0.139. The minimum absolute atomic E-state index is 0.305. The van der Waals surface area contributed by atoms with Crippen molar-refractivity contribution in [3.05, 3.63) is 59.7 Å². The Bertz CT molecular complexity index is 744. The van der Waals surface area contributed by atoms with Crippen LogP contribution in [0.4, 0.5) is 0 Å². The molecule has 0 heterocycles. The van der Waals surface area contributed by atoms with Crippen molar-refractivity contribution in [3.8, 4) is 11.5 Å². The first-order chi connectivity index (χ1) is 12.5. The Morgan fingerprint density at radius 3 is 2.38 bits per heavy atom. The van der Waals surface area contributed by atoms with Crippen LogP contribution < -0.4 is 14.8 Å². The second-order valence-corrected chi connectivity index (χ2v) is 5.39. The molecule has 0 radical (unpaired) electrons. The number of methoxy groups -OCH3 is 2. The Morgan fingerprint density at radius 2 is 1.77 bits per heavy atom. The fourth-order valence-electron chi connectivity index (χ4n) is 2.27. The molecule has 0 aliphatic carbocycles. The fourth-order valence-corrected chi connectivity index (χ4v) is 2.27. The molecule has 0 saturated heterocycles. The van der Waals surface area contributed by atoms with E-state index in [1.54, 1.807) is 55.6 Å². The van der Waals surface area contributed by atoms with Crippen LogP contribution in [0.25, 0.3) is 0 Å². The number of carbonyl (C=O) groups excluding carboxylic acids is 1. The molecule has 26 heavy (non-hydrogen) atoms. The molecule has 0 bridgehead atoms. The van der Waals surface area contributed by atoms with Gasteiger partial charge in [0.15, 0.2) is 6.04 Å². The van der Waals surface area contributed by atoms with Gasteiger partial charge in [-0.15, -0.1) is 0 Å². The van der Waals surface area contributed by atoms with Crippen molar-refractivity contribution in [2.45, 2.75) is 6.04 Å². The quantitative estimate of drug-likeness (QED) is 0.667. The molecule has 0 fully saturated rings. The minimum atomic E-state index is -1.17. The third kappa shape index (κ3) is 5.22. The molecule has 0 spiro atoms. The highest BCUT2D eigenvalue weighted by atomic mass is 16.5. The second kappa shape index (κ2) is 9.43. The predicted octanol–water partition coefficient (Wildman–Crippen LogP) is 2.28. The van der Waals surface area contributed by atoms with Crippen molar-refractivity contribution in [2.24, 2.45) is 0 Å². The smallest absolute Gasteiger partial charge is 0.330 e. The van der Waals surface area contributed by atoms with E-state index in [1.165, 1.54) is 7.11 Å². The molecule has 0 saturated carbocycles. The summed E-state index contributed by atoms with van der Waals surface area (Å²) < 4.78 is 15.4. The van der Waals surface area contributed by atoms with Crippen LogP contribution in [-0.4, -0.2) is 44.4 Å². The number of hydrogen-bond acceptors (Lipinski definition) is 5. The summed E-state index contributed by atoms with van der Waals surface area (Å²) in [5.41, 5.74) is 0.749. The Kier molecular flexibility index (Phi) is 6.99. The van der Waals surface area contributed by atoms with Gasteiger partial charge < -0.3 is 24.6 Å². The number of benzene rings is 2. The molecule has 1 unspecified atom stereocenters. The standard InChI is InChI=1S/C19H21NO6/c1-24-10-11-26-16-5-3-4-14(12-16)18(21)20-17(19(22)23)13-6-8-15(25-2)9-7-13/h3-9,12,17H,10-11H2,1-2H3,(H,20,21)(H,22,23). The molecule has 2 aromatic rings. The number of amides is 1. The van der Waals surface area contributed by atoms with Crippen molar-refractivity contribution in [2.75, 3.05) is 27.4 Å². The SMILES string of the molecule is COCCOc1cccc(C(=O)NC(C(=O)O)c2ccc(OC)cc2)c1. The predicted molar refractivity (Wildman–Crippen MR) is 94.7 cm³/mol. The summed E-state index contributed by atoms with van der Waals surface area (Å²) in [5, 5.41) is 12.0. The summed E-state index contributed by atoms with van der Waals surface area (Å²) in [4.78, 5) is 24.0. The van der Waals surface area contributed by atoms with E-state index in [2.05, 4.69) is 5.32 Å². The number of aliphatic carboxylic acids is 1. The van der Waals surface area contributed by atoms with Gasteiger partial charge in [-0.05, 0) is 35.9 Å². The molecule has 2 aromatic carbocycles. The van der Waals surface area contributed by atoms with Gasteiger partial charge in [0, 0.05) is 12.7 Å². The van der Waals surface area contributed by atoms with Gasteiger partial charge >= 0.3 is 5.97 Å². The van der Waals surface area contributed by atoms with E-state index < -0.39 is 17.9 Å². The zero-order valence-electron chi connectivity index (χ0n) is 14.6. The number of carboxylic acid groups (broad SMARTS) is 1. The Balaban J connectivity index is 2.11. The van der Waals surface area contributed by atoms with E-state index in [1.807, 2.05) is 0 Å². The summed E-state index contributed by atoms with van der Waals surface area (Å²) in [6.45, 7) is 0.778. The number of carbonyl (C=O) groups is 2. The summed E-state index contributed by atoms with van der Waals surface area (Å²) in [6.07, 6.45) is 0. The lowest BCUT2D eigenvalue weighted by Gasteiger charge is -2.16. The average Bonchev–Trinajstić information content (AvgIpc) is 2.66. The molecule has 0 aliphatic heterocycles. The van der Waals surface area contributed by atoms with Gasteiger partial charge in [-0.3, -0.25) is 4.79 Å². The van der Waals surface area contributed by atoms with Crippen LogP contribution in [0.1, 0.15) is 22.0 Å². The molecule has 0 aromatic heterocycles. The molecule has 1 atom stereocenters. The maximum absolute atomic E-state index is 12.5. The van der Waals surface area contributed by atoms with Crippen LogP contribution >= 0.6 is 0 Å². The first-order valence-electron chi connectivity index (χ1n) is 7.94. The van der Waals surface area contributed by atoms with E-state index in [4.69, 9.17) is 14.2 Å². The number of ether oxygens (including phenoxy) is 3. The molecule has 2 rings (SSSR count). The van der Waals surface area contributed by atoms with E-state index in [9.17, 15) is 14.7 Å². The molecular formula is C19H21NO6. The van der Waals surface area contributed by atoms with Crippen LogP contribution in [0, 0.1) is 0 Å². The fraction of sp³-hybridized carbons (Fsp3) is 0.263. The molecule has 0 aliphatic rings. The Hall–Kier alpha value is -3.06. The number of rotatable bonds is 9. The zero-order chi connectivity index (χ0) is 18.9. The lowest BCUT2D eigenvalue weighted by Crippen LogP contribution is -2.33. The van der Waals surface area contributed by atoms with Crippen molar-refractivity contribution in [1.82, 2.24) is 5.32 Å². The second-order valence-electron chi connectivity index (χ2n) is 5.39. The normalized spacial score (nSPS) is 11.5. The highest BCUT2D eigenvalue weighted by Crippen LogP contribution is 2.19. The molecule has 2 N–H and O–H groups in total. The summed E-state index contributed by atoms with van der Waals surface area (Å²) >= 11 is 0. The number of nitrogens with one attached hydrogen (secondary N) is 1. The lowest BCUT2D eigenvalue weighted by atomic mass is 10.1. The molecule has 7 nitrogen and oxygen atoms in total. The van der Waals surface area contributed by atoms with Crippen molar-refractivity contribution >= 4 is 11.9 Å². The van der Waals surface area contributed by atoms with Gasteiger partial charge in [0.05, 0.1) is 13.7 Å². The average molecular weight is 359 g/mol. The monoisotopic (exact) mass is 359 g/mol. The minimum Gasteiger partial charge on any atom is -0.497 e. The third-order valence-corrected chi connectivity index (χ3v) is 3.62. The summed E-state index contributed by atoms with van der Waals surface area (Å²) in [5.74, 6) is -0.558. The van der Waals surface area contributed by atoms with Gasteiger partial charge in [-0.25, -0.2) is 4.79 Å². The maximum atomic E-state index is 12.5. The number of hydrogen-bond donors (Lipinski definition) is 2. The van der Waals surface area contributed by atoms with Crippen molar-refractivity contribution in [1.29, 1.82) is 0 Å². The molecule has 1 amide bonds. The first kappa shape index (κ1) is 19.3. The first-order valence-corrected chi connectivity index (χ1v) is 7.94. The van der Waals surface area contributed by atoms with Crippen LogP contribution in [-0.2, 0) is 9.53 Å². The zero-order valence-corrected chi connectivity index (χ0v) is 14.6. The van der Waals surface area contributed by atoms with Crippen LogP contribution in [0.2, 0.25) is 0 Å². The highest BCUT2D eigenvalue weighted by molar-refractivity contribution is 5.97. The van der Waals surface area contributed by atoms with Crippen molar-refractivity contribution < 1.29 is 28.9 Å². The van der Waals surface area contributed by atoms with Crippen LogP contribution in [0.3, 0.4) is 0 Å². The molecular weight excluding hydrogens is 338 g/mol. The third-order valence-electron chi connectivity index (χ3n) is 3.62. The topological polar surface area (TPSA) is 94.1 Å². The van der Waals surface area contributed by atoms with Gasteiger partial charge in [0.2, 0.25) is 0 Å².